The molecule has 6 heteroatoms. The van der Waals surface area contributed by atoms with E-state index in [9.17, 15) is 18.4 Å². The SMILES string of the molecule is O=C(Cc1c(F)cccc1F)NC1CCCC(C(=O)O)C1. The average Bonchev–Trinajstić information content (AvgIpc) is 2.43. The fourth-order valence-electron chi connectivity index (χ4n) is 2.69. The molecule has 0 heterocycles. The molecule has 0 spiro atoms. The lowest BCUT2D eigenvalue weighted by Gasteiger charge is -2.27. The summed E-state index contributed by atoms with van der Waals surface area (Å²) in [7, 11) is 0. The number of carbonyl (C=O) groups excluding carboxylic acids is 1. The summed E-state index contributed by atoms with van der Waals surface area (Å²) in [5, 5.41) is 11.7. The van der Waals surface area contributed by atoms with E-state index in [4.69, 9.17) is 5.11 Å². The highest BCUT2D eigenvalue weighted by molar-refractivity contribution is 5.79. The van der Waals surface area contributed by atoms with Gasteiger partial charge in [-0.15, -0.1) is 0 Å². The van der Waals surface area contributed by atoms with Gasteiger partial charge in [0.15, 0.2) is 0 Å². The molecule has 114 valence electrons. The molecule has 1 fully saturated rings. The van der Waals surface area contributed by atoms with E-state index in [-0.39, 0.29) is 18.0 Å². The van der Waals surface area contributed by atoms with E-state index >= 15 is 0 Å². The van der Waals surface area contributed by atoms with Crippen molar-refractivity contribution < 1.29 is 23.5 Å². The number of rotatable bonds is 4. The summed E-state index contributed by atoms with van der Waals surface area (Å²) >= 11 is 0. The van der Waals surface area contributed by atoms with Gasteiger partial charge < -0.3 is 10.4 Å². The average molecular weight is 297 g/mol. The number of carbonyl (C=O) groups is 2. The molecular formula is C15H17F2NO3. The lowest BCUT2D eigenvalue weighted by Crippen LogP contribution is -2.40. The summed E-state index contributed by atoms with van der Waals surface area (Å²) < 4.78 is 26.9. The Bertz CT molecular complexity index is 527. The van der Waals surface area contributed by atoms with Crippen LogP contribution < -0.4 is 5.32 Å². The predicted molar refractivity (Wildman–Crippen MR) is 71.6 cm³/mol. The third-order valence-corrected chi connectivity index (χ3v) is 3.79. The molecule has 0 saturated heterocycles. The molecule has 1 saturated carbocycles. The molecular weight excluding hydrogens is 280 g/mol. The second kappa shape index (κ2) is 6.65. The van der Waals surface area contributed by atoms with E-state index in [1.54, 1.807) is 0 Å². The number of amides is 1. The van der Waals surface area contributed by atoms with Crippen molar-refractivity contribution in [2.24, 2.45) is 5.92 Å². The predicted octanol–water partition coefficient (Wildman–Crippen LogP) is 2.27. The molecule has 2 N–H and O–H groups in total. The Kier molecular flexibility index (Phi) is 4.88. The molecule has 1 aliphatic carbocycles. The number of hydrogen-bond acceptors (Lipinski definition) is 2. The van der Waals surface area contributed by atoms with Crippen molar-refractivity contribution in [3.05, 3.63) is 35.4 Å². The van der Waals surface area contributed by atoms with Gasteiger partial charge >= 0.3 is 5.97 Å². The molecule has 21 heavy (non-hydrogen) atoms. The van der Waals surface area contributed by atoms with Crippen LogP contribution in [0.25, 0.3) is 0 Å². The fourth-order valence-corrected chi connectivity index (χ4v) is 2.69. The van der Waals surface area contributed by atoms with Crippen molar-refractivity contribution in [3.8, 4) is 0 Å². The summed E-state index contributed by atoms with van der Waals surface area (Å²) in [5.74, 6) is -3.33. The first-order valence-corrected chi connectivity index (χ1v) is 6.92. The quantitative estimate of drug-likeness (QED) is 0.896. The third-order valence-electron chi connectivity index (χ3n) is 3.79. The Labute approximate surface area is 121 Å². The van der Waals surface area contributed by atoms with Gasteiger partial charge in [-0.25, -0.2) is 8.78 Å². The van der Waals surface area contributed by atoms with Crippen molar-refractivity contribution in [1.82, 2.24) is 5.32 Å². The summed E-state index contributed by atoms with van der Waals surface area (Å²) in [4.78, 5) is 22.8. The number of hydrogen-bond donors (Lipinski definition) is 2. The van der Waals surface area contributed by atoms with Crippen LogP contribution in [0, 0.1) is 17.6 Å². The molecule has 2 rings (SSSR count). The first-order valence-electron chi connectivity index (χ1n) is 6.92. The van der Waals surface area contributed by atoms with Gasteiger partial charge in [-0.2, -0.15) is 0 Å². The van der Waals surface area contributed by atoms with Crippen LogP contribution in [-0.4, -0.2) is 23.0 Å². The van der Waals surface area contributed by atoms with Crippen LogP contribution in [0.2, 0.25) is 0 Å². The number of nitrogens with one attached hydrogen (secondary N) is 1. The minimum Gasteiger partial charge on any atom is -0.481 e. The van der Waals surface area contributed by atoms with Gasteiger partial charge in [-0.05, 0) is 31.4 Å². The Morgan fingerprint density at radius 1 is 1.24 bits per heavy atom. The molecule has 2 unspecified atom stereocenters. The van der Waals surface area contributed by atoms with Crippen LogP contribution in [0.4, 0.5) is 8.78 Å². The van der Waals surface area contributed by atoms with Crippen LogP contribution in [0.5, 0.6) is 0 Å². The van der Waals surface area contributed by atoms with Crippen molar-refractivity contribution in [2.45, 2.75) is 38.1 Å². The lowest BCUT2D eigenvalue weighted by atomic mass is 9.85. The molecule has 2 atom stereocenters. The number of aliphatic carboxylic acids is 1. The van der Waals surface area contributed by atoms with Gasteiger partial charge in [0.05, 0.1) is 12.3 Å². The molecule has 1 aromatic rings. The minimum atomic E-state index is -0.867. The van der Waals surface area contributed by atoms with Gasteiger partial charge in [0.25, 0.3) is 0 Å². The van der Waals surface area contributed by atoms with Crippen molar-refractivity contribution >= 4 is 11.9 Å². The van der Waals surface area contributed by atoms with E-state index in [0.29, 0.717) is 19.3 Å². The number of halogens is 2. The summed E-state index contributed by atoms with van der Waals surface area (Å²) in [5.41, 5.74) is -0.263. The largest absolute Gasteiger partial charge is 0.481 e. The number of carboxylic acid groups (broad SMARTS) is 1. The van der Waals surface area contributed by atoms with Crippen LogP contribution in [0.1, 0.15) is 31.2 Å². The minimum absolute atomic E-state index is 0.248. The summed E-state index contributed by atoms with van der Waals surface area (Å²) in [6, 6.07) is 3.20. The maximum Gasteiger partial charge on any atom is 0.306 e. The van der Waals surface area contributed by atoms with E-state index in [0.717, 1.165) is 18.6 Å². The Morgan fingerprint density at radius 3 is 2.52 bits per heavy atom. The van der Waals surface area contributed by atoms with Crippen LogP contribution in [0.3, 0.4) is 0 Å². The van der Waals surface area contributed by atoms with Gasteiger partial charge in [-0.1, -0.05) is 12.5 Å². The molecule has 1 aliphatic rings. The molecule has 4 nitrogen and oxygen atoms in total. The van der Waals surface area contributed by atoms with Crippen LogP contribution >= 0.6 is 0 Å². The van der Waals surface area contributed by atoms with Gasteiger partial charge in [0.2, 0.25) is 5.91 Å². The van der Waals surface area contributed by atoms with Gasteiger partial charge in [0.1, 0.15) is 11.6 Å². The molecule has 0 radical (unpaired) electrons. The zero-order valence-corrected chi connectivity index (χ0v) is 11.4. The summed E-state index contributed by atoms with van der Waals surface area (Å²) in [6.07, 6.45) is 1.99. The highest BCUT2D eigenvalue weighted by Gasteiger charge is 2.28. The molecule has 0 aliphatic heterocycles. The maximum atomic E-state index is 13.5. The van der Waals surface area contributed by atoms with E-state index in [1.165, 1.54) is 6.07 Å². The van der Waals surface area contributed by atoms with Gasteiger partial charge in [0, 0.05) is 11.6 Å². The molecule has 1 aromatic carbocycles. The first kappa shape index (κ1) is 15.4. The molecule has 0 bridgehead atoms. The zero-order valence-electron chi connectivity index (χ0n) is 11.4. The van der Waals surface area contributed by atoms with Crippen molar-refractivity contribution in [2.75, 3.05) is 0 Å². The molecule has 0 aromatic heterocycles. The Balaban J connectivity index is 1.94. The monoisotopic (exact) mass is 297 g/mol. The van der Waals surface area contributed by atoms with Crippen molar-refractivity contribution in [3.63, 3.8) is 0 Å². The van der Waals surface area contributed by atoms with Crippen molar-refractivity contribution in [1.29, 1.82) is 0 Å². The molecule has 1 amide bonds. The standard InChI is InChI=1S/C15H17F2NO3/c16-12-5-2-6-13(17)11(12)8-14(19)18-10-4-1-3-9(7-10)15(20)21/h2,5-6,9-10H,1,3-4,7-8H2,(H,18,19)(H,20,21). The Morgan fingerprint density at radius 2 is 1.90 bits per heavy atom. The summed E-state index contributed by atoms with van der Waals surface area (Å²) in [6.45, 7) is 0. The normalized spacial score (nSPS) is 21.8. The van der Waals surface area contributed by atoms with Crippen LogP contribution in [0.15, 0.2) is 18.2 Å². The lowest BCUT2D eigenvalue weighted by molar-refractivity contribution is -0.143. The Hall–Kier alpha value is -1.98. The van der Waals surface area contributed by atoms with E-state index in [1.807, 2.05) is 0 Å². The smallest absolute Gasteiger partial charge is 0.306 e. The maximum absolute atomic E-state index is 13.5. The zero-order chi connectivity index (χ0) is 15.4. The first-order chi connectivity index (χ1) is 9.97. The van der Waals surface area contributed by atoms with E-state index in [2.05, 4.69) is 5.32 Å². The topological polar surface area (TPSA) is 66.4 Å². The highest BCUT2D eigenvalue weighted by atomic mass is 19.1. The highest BCUT2D eigenvalue weighted by Crippen LogP contribution is 2.24. The second-order valence-corrected chi connectivity index (χ2v) is 5.34. The van der Waals surface area contributed by atoms with Crippen LogP contribution in [-0.2, 0) is 16.0 Å². The number of benzene rings is 1. The van der Waals surface area contributed by atoms with E-state index < -0.39 is 29.4 Å². The fraction of sp³-hybridized carbons (Fsp3) is 0.467. The second-order valence-electron chi connectivity index (χ2n) is 5.34. The van der Waals surface area contributed by atoms with Gasteiger partial charge in [-0.3, -0.25) is 9.59 Å². The number of carboxylic acids is 1. The third kappa shape index (κ3) is 4.00.